The number of halogens is 1. The first-order chi connectivity index (χ1) is 9.13. The Morgan fingerprint density at radius 2 is 2.00 bits per heavy atom. The van der Waals surface area contributed by atoms with Crippen molar-refractivity contribution in [3.63, 3.8) is 0 Å². The van der Waals surface area contributed by atoms with Gasteiger partial charge in [-0.25, -0.2) is 4.98 Å². The first-order valence-electron chi connectivity index (χ1n) is 6.85. The Bertz CT molecular complexity index is 465. The van der Waals surface area contributed by atoms with Gasteiger partial charge in [0.2, 0.25) is 0 Å². The summed E-state index contributed by atoms with van der Waals surface area (Å²) < 4.78 is 0. The predicted molar refractivity (Wildman–Crippen MR) is 74.9 cm³/mol. The fraction of sp³-hybridized carbons (Fsp3) is 0.571. The molecule has 5 heteroatoms. The molecule has 0 aromatic carbocycles. The number of anilines is 1. The highest BCUT2D eigenvalue weighted by Gasteiger charge is 2.41. The minimum atomic E-state index is -0.109. The zero-order valence-corrected chi connectivity index (χ0v) is 11.5. The Morgan fingerprint density at radius 3 is 2.53 bits per heavy atom. The maximum absolute atomic E-state index is 12.1. The van der Waals surface area contributed by atoms with Gasteiger partial charge in [0, 0.05) is 12.1 Å². The molecule has 1 aromatic heterocycles. The summed E-state index contributed by atoms with van der Waals surface area (Å²) in [7, 11) is 0. The molecule has 2 aliphatic rings. The molecule has 1 aromatic rings. The molecule has 1 heterocycles. The van der Waals surface area contributed by atoms with Crippen LogP contribution in [0.2, 0.25) is 5.15 Å². The predicted octanol–water partition coefficient (Wildman–Crippen LogP) is 2.48. The molecule has 0 saturated heterocycles. The maximum Gasteiger partial charge on any atom is 0.251 e. The molecule has 0 bridgehead atoms. The first-order valence-corrected chi connectivity index (χ1v) is 7.22. The van der Waals surface area contributed by atoms with Gasteiger partial charge in [0.1, 0.15) is 11.0 Å². The lowest BCUT2D eigenvalue weighted by atomic mass is 9.98. The molecule has 0 radical (unpaired) electrons. The van der Waals surface area contributed by atoms with Crippen LogP contribution in [0.5, 0.6) is 0 Å². The third-order valence-electron chi connectivity index (χ3n) is 4.03. The summed E-state index contributed by atoms with van der Waals surface area (Å²) in [4.78, 5) is 15.9. The van der Waals surface area contributed by atoms with E-state index in [1.54, 1.807) is 12.1 Å². The summed E-state index contributed by atoms with van der Waals surface area (Å²) in [6, 6.07) is 3.11. The van der Waals surface area contributed by atoms with Gasteiger partial charge in [0.25, 0.3) is 5.91 Å². The Labute approximate surface area is 117 Å². The van der Waals surface area contributed by atoms with Crippen LogP contribution in [0.1, 0.15) is 36.0 Å². The SMILES string of the molecule is Nc1cc(C(=O)NCC(C2CC2)C2CC2)cc(Cl)n1. The van der Waals surface area contributed by atoms with Crippen LogP contribution in [0.25, 0.3) is 0 Å². The topological polar surface area (TPSA) is 68.0 Å². The molecule has 2 aliphatic carbocycles. The van der Waals surface area contributed by atoms with Gasteiger partial charge in [-0.3, -0.25) is 4.79 Å². The molecule has 1 amide bonds. The summed E-state index contributed by atoms with van der Waals surface area (Å²) in [5.74, 6) is 2.50. The van der Waals surface area contributed by atoms with Crippen molar-refractivity contribution in [1.29, 1.82) is 0 Å². The number of nitrogen functional groups attached to an aromatic ring is 1. The van der Waals surface area contributed by atoms with Crippen molar-refractivity contribution in [3.8, 4) is 0 Å². The molecule has 2 saturated carbocycles. The minimum Gasteiger partial charge on any atom is -0.384 e. The number of pyridine rings is 1. The summed E-state index contributed by atoms with van der Waals surface area (Å²) in [6.07, 6.45) is 5.30. The van der Waals surface area contributed by atoms with Gasteiger partial charge in [-0.2, -0.15) is 0 Å². The molecule has 102 valence electrons. The molecule has 4 nitrogen and oxygen atoms in total. The number of aromatic nitrogens is 1. The number of rotatable bonds is 5. The lowest BCUT2D eigenvalue weighted by Crippen LogP contribution is -2.31. The maximum atomic E-state index is 12.1. The van der Waals surface area contributed by atoms with Crippen molar-refractivity contribution in [2.75, 3.05) is 12.3 Å². The van der Waals surface area contributed by atoms with Crippen LogP contribution in [-0.2, 0) is 0 Å². The third-order valence-corrected chi connectivity index (χ3v) is 4.22. The Kier molecular flexibility index (Phi) is 3.35. The van der Waals surface area contributed by atoms with E-state index in [4.69, 9.17) is 17.3 Å². The van der Waals surface area contributed by atoms with Crippen molar-refractivity contribution in [3.05, 3.63) is 22.8 Å². The highest BCUT2D eigenvalue weighted by atomic mass is 35.5. The van der Waals surface area contributed by atoms with Crippen LogP contribution in [0.3, 0.4) is 0 Å². The summed E-state index contributed by atoms with van der Waals surface area (Å²) in [5, 5.41) is 3.27. The number of carbonyl (C=O) groups excluding carboxylic acids is 1. The van der Waals surface area contributed by atoms with E-state index >= 15 is 0 Å². The van der Waals surface area contributed by atoms with Crippen molar-refractivity contribution in [1.82, 2.24) is 10.3 Å². The number of nitrogens with two attached hydrogens (primary N) is 1. The molecule has 0 atom stereocenters. The average Bonchev–Trinajstić information content (AvgIpc) is 3.22. The van der Waals surface area contributed by atoms with Crippen LogP contribution in [0, 0.1) is 17.8 Å². The molecular weight excluding hydrogens is 262 g/mol. The van der Waals surface area contributed by atoms with E-state index < -0.39 is 0 Å². The van der Waals surface area contributed by atoms with Gasteiger partial charge < -0.3 is 11.1 Å². The quantitative estimate of drug-likeness (QED) is 0.814. The molecule has 0 aliphatic heterocycles. The first kappa shape index (κ1) is 12.7. The lowest BCUT2D eigenvalue weighted by molar-refractivity contribution is 0.0943. The monoisotopic (exact) mass is 279 g/mol. The number of carbonyl (C=O) groups is 1. The van der Waals surface area contributed by atoms with Gasteiger partial charge in [-0.1, -0.05) is 11.6 Å². The zero-order valence-electron chi connectivity index (χ0n) is 10.7. The van der Waals surface area contributed by atoms with E-state index in [0.29, 0.717) is 11.5 Å². The van der Waals surface area contributed by atoms with Gasteiger partial charge in [-0.05, 0) is 55.6 Å². The lowest BCUT2D eigenvalue weighted by Gasteiger charge is -2.16. The van der Waals surface area contributed by atoms with E-state index in [2.05, 4.69) is 10.3 Å². The highest BCUT2D eigenvalue weighted by Crippen LogP contribution is 2.48. The number of hydrogen-bond donors (Lipinski definition) is 2. The number of nitrogens with one attached hydrogen (secondary N) is 1. The van der Waals surface area contributed by atoms with E-state index in [0.717, 1.165) is 18.4 Å². The molecular formula is C14H18ClN3O. The largest absolute Gasteiger partial charge is 0.384 e. The van der Waals surface area contributed by atoms with Crippen molar-refractivity contribution in [2.24, 2.45) is 17.8 Å². The molecule has 2 fully saturated rings. The van der Waals surface area contributed by atoms with E-state index in [9.17, 15) is 4.79 Å². The molecule has 0 unspecified atom stereocenters. The van der Waals surface area contributed by atoms with Crippen LogP contribution in [-0.4, -0.2) is 17.4 Å². The minimum absolute atomic E-state index is 0.109. The fourth-order valence-corrected chi connectivity index (χ4v) is 2.94. The smallest absolute Gasteiger partial charge is 0.251 e. The van der Waals surface area contributed by atoms with Crippen LogP contribution in [0.15, 0.2) is 12.1 Å². The van der Waals surface area contributed by atoms with Crippen molar-refractivity contribution in [2.45, 2.75) is 25.7 Å². The molecule has 3 rings (SSSR count). The van der Waals surface area contributed by atoms with E-state index in [-0.39, 0.29) is 16.9 Å². The zero-order chi connectivity index (χ0) is 13.4. The normalized spacial score (nSPS) is 18.6. The fourth-order valence-electron chi connectivity index (χ4n) is 2.73. The summed E-state index contributed by atoms with van der Waals surface area (Å²) >= 11 is 5.81. The Hall–Kier alpha value is -1.29. The second-order valence-corrected chi connectivity index (χ2v) is 6.04. The number of hydrogen-bond acceptors (Lipinski definition) is 3. The van der Waals surface area contributed by atoms with E-state index in [1.807, 2.05) is 0 Å². The van der Waals surface area contributed by atoms with Gasteiger partial charge in [0.15, 0.2) is 0 Å². The number of amides is 1. The second kappa shape index (κ2) is 5.00. The van der Waals surface area contributed by atoms with Crippen LogP contribution >= 0.6 is 11.6 Å². The van der Waals surface area contributed by atoms with Crippen molar-refractivity contribution >= 4 is 23.3 Å². The highest BCUT2D eigenvalue weighted by molar-refractivity contribution is 6.29. The van der Waals surface area contributed by atoms with Gasteiger partial charge >= 0.3 is 0 Å². The van der Waals surface area contributed by atoms with Crippen LogP contribution < -0.4 is 11.1 Å². The van der Waals surface area contributed by atoms with Crippen LogP contribution in [0.4, 0.5) is 5.82 Å². The van der Waals surface area contributed by atoms with Gasteiger partial charge in [-0.15, -0.1) is 0 Å². The van der Waals surface area contributed by atoms with Gasteiger partial charge in [0.05, 0.1) is 0 Å². The second-order valence-electron chi connectivity index (χ2n) is 5.65. The van der Waals surface area contributed by atoms with Crippen molar-refractivity contribution < 1.29 is 4.79 Å². The molecule has 3 N–H and O–H groups in total. The Morgan fingerprint density at radius 1 is 1.37 bits per heavy atom. The third kappa shape index (κ3) is 3.18. The van der Waals surface area contributed by atoms with E-state index in [1.165, 1.54) is 25.7 Å². The summed E-state index contributed by atoms with van der Waals surface area (Å²) in [6.45, 7) is 0.772. The average molecular weight is 280 g/mol. The Balaban J connectivity index is 1.60. The summed E-state index contributed by atoms with van der Waals surface area (Å²) in [5.41, 5.74) is 6.08. The molecule has 19 heavy (non-hydrogen) atoms. The standard InChI is InChI=1S/C14H18ClN3O/c15-12-5-10(6-13(16)18-12)14(19)17-7-11(8-1-2-8)9-3-4-9/h5-6,8-9,11H,1-4,7H2,(H2,16,18)(H,17,19). The number of nitrogens with zero attached hydrogens (tertiary/aromatic N) is 1. The molecule has 0 spiro atoms.